The van der Waals surface area contributed by atoms with E-state index >= 15 is 0 Å². The van der Waals surface area contributed by atoms with Crippen molar-refractivity contribution in [3.63, 3.8) is 0 Å². The average molecular weight is 1040 g/mol. The minimum absolute atomic E-state index is 0.415. The summed E-state index contributed by atoms with van der Waals surface area (Å²) in [6.45, 7) is 15.4. The van der Waals surface area contributed by atoms with Gasteiger partial charge in [0.2, 0.25) is 0 Å². The zero-order valence-corrected chi connectivity index (χ0v) is 46.0. The van der Waals surface area contributed by atoms with E-state index < -0.39 is 5.60 Å². The van der Waals surface area contributed by atoms with Crippen LogP contribution in [0.2, 0.25) is 0 Å². The van der Waals surface area contributed by atoms with Crippen molar-refractivity contribution in [3.8, 4) is 0 Å². The van der Waals surface area contributed by atoms with Crippen molar-refractivity contribution in [1.82, 2.24) is 0 Å². The molecule has 0 aliphatic rings. The van der Waals surface area contributed by atoms with E-state index in [0.29, 0.717) is 159 Å². The fourth-order valence-corrected chi connectivity index (χ4v) is 8.30. The summed E-state index contributed by atoms with van der Waals surface area (Å²) in [6, 6.07) is 31.0. The van der Waals surface area contributed by atoms with Crippen LogP contribution in [0.4, 0.5) is 0 Å². The van der Waals surface area contributed by atoms with E-state index in [2.05, 4.69) is 43.3 Å². The van der Waals surface area contributed by atoms with Crippen molar-refractivity contribution in [2.45, 2.75) is 115 Å². The predicted molar refractivity (Wildman–Crippen MR) is 295 cm³/mol. The number of rotatable bonds is 57. The van der Waals surface area contributed by atoms with Gasteiger partial charge in [-0.15, -0.1) is 0 Å². The van der Waals surface area contributed by atoms with Crippen LogP contribution in [0.15, 0.2) is 91.0 Å². The molecular formula is C61H100O13. The van der Waals surface area contributed by atoms with Gasteiger partial charge in [0, 0.05) is 6.61 Å². The van der Waals surface area contributed by atoms with Crippen LogP contribution in [0.5, 0.6) is 0 Å². The molecule has 0 fully saturated rings. The maximum Gasteiger partial charge on any atom is 0.143 e. The van der Waals surface area contributed by atoms with Gasteiger partial charge >= 0.3 is 0 Å². The monoisotopic (exact) mass is 1040 g/mol. The Morgan fingerprint density at radius 1 is 0.216 bits per heavy atom. The van der Waals surface area contributed by atoms with Crippen LogP contribution >= 0.6 is 0 Å². The van der Waals surface area contributed by atoms with Crippen LogP contribution in [-0.2, 0) is 67.2 Å². The zero-order chi connectivity index (χ0) is 52.0. The largest absolute Gasteiger partial charge is 0.379 e. The number of hydrogen-bond donors (Lipinski definition) is 0. The molecule has 3 aromatic rings. The molecule has 0 aromatic heterocycles. The maximum absolute atomic E-state index is 6.75. The molecule has 0 bridgehead atoms. The molecule has 74 heavy (non-hydrogen) atoms. The quantitative estimate of drug-likeness (QED) is 0.0394. The summed E-state index contributed by atoms with van der Waals surface area (Å²) in [5.41, 5.74) is 2.45. The standard InChI is InChI=1S/C61H100O13/c1-2-3-4-5-6-7-8-9-10-11-12-13-14-15-16-26-33-62-34-35-63-36-37-64-38-39-65-40-41-66-42-43-67-44-45-68-46-47-69-48-49-70-50-51-71-52-53-72-54-55-73-56-57-74-61(58-27-20-17-21-28-58,59-29-22-18-23-30-59)60-31-24-19-25-32-60/h17-25,27-32H,2-16,26,33-57H2,1H3. The lowest BCUT2D eigenvalue weighted by atomic mass is 9.80. The van der Waals surface area contributed by atoms with Crippen LogP contribution in [0.3, 0.4) is 0 Å². The number of ether oxygens (including phenoxy) is 13. The molecule has 0 aliphatic heterocycles. The van der Waals surface area contributed by atoms with Gasteiger partial charge in [-0.3, -0.25) is 0 Å². The summed E-state index contributed by atoms with van der Waals surface area (Å²) < 4.78 is 74.2. The highest BCUT2D eigenvalue weighted by atomic mass is 16.6. The van der Waals surface area contributed by atoms with Crippen molar-refractivity contribution in [3.05, 3.63) is 108 Å². The summed E-state index contributed by atoms with van der Waals surface area (Å²) in [7, 11) is 0. The van der Waals surface area contributed by atoms with Crippen LogP contribution in [-0.4, -0.2) is 165 Å². The molecule has 422 valence electrons. The van der Waals surface area contributed by atoms with Crippen molar-refractivity contribution in [1.29, 1.82) is 0 Å². The summed E-state index contributed by atoms with van der Waals surface area (Å²) in [5.74, 6) is 0. The molecule has 0 spiro atoms. The lowest BCUT2D eigenvalue weighted by Crippen LogP contribution is -2.34. The predicted octanol–water partition coefficient (Wildman–Crippen LogP) is 11.5. The molecule has 0 amide bonds. The van der Waals surface area contributed by atoms with Crippen molar-refractivity contribution >= 4 is 0 Å². The second kappa shape index (κ2) is 50.9. The Balaban J connectivity index is 0.933. The minimum Gasteiger partial charge on any atom is -0.379 e. The molecule has 0 atom stereocenters. The second-order valence-corrected chi connectivity index (χ2v) is 18.3. The SMILES string of the molecule is CCCCCCCCCCCCCCCCCCOCCOCCOCCOCCOCCOCCOCCOCCOCCOCCOCCOCCOC(c1ccccc1)(c1ccccc1)c1ccccc1. The van der Waals surface area contributed by atoms with Gasteiger partial charge in [-0.25, -0.2) is 0 Å². The maximum atomic E-state index is 6.75. The molecule has 0 saturated heterocycles. The van der Waals surface area contributed by atoms with E-state index in [1.165, 1.54) is 96.3 Å². The van der Waals surface area contributed by atoms with Gasteiger partial charge in [0.15, 0.2) is 0 Å². The van der Waals surface area contributed by atoms with Crippen LogP contribution < -0.4 is 0 Å². The molecule has 0 N–H and O–H groups in total. The molecule has 0 radical (unpaired) electrons. The number of hydrogen-bond acceptors (Lipinski definition) is 13. The van der Waals surface area contributed by atoms with Gasteiger partial charge in [0.25, 0.3) is 0 Å². The number of benzene rings is 3. The first-order valence-corrected chi connectivity index (χ1v) is 28.6. The normalized spacial score (nSPS) is 11.8. The van der Waals surface area contributed by atoms with E-state index in [4.69, 9.17) is 61.6 Å². The summed E-state index contributed by atoms with van der Waals surface area (Å²) in [5, 5.41) is 0. The van der Waals surface area contributed by atoms with Crippen molar-refractivity contribution < 1.29 is 61.6 Å². The topological polar surface area (TPSA) is 120 Å². The zero-order valence-electron chi connectivity index (χ0n) is 46.0. The highest BCUT2D eigenvalue weighted by Crippen LogP contribution is 2.40. The van der Waals surface area contributed by atoms with E-state index in [-0.39, 0.29) is 0 Å². The van der Waals surface area contributed by atoms with Gasteiger partial charge in [0.05, 0.1) is 159 Å². The molecule has 0 unspecified atom stereocenters. The van der Waals surface area contributed by atoms with E-state index in [0.717, 1.165) is 29.7 Å². The van der Waals surface area contributed by atoms with E-state index in [9.17, 15) is 0 Å². The molecular weight excluding hydrogens is 941 g/mol. The molecule has 0 saturated carbocycles. The molecule has 3 aromatic carbocycles. The molecule has 3 rings (SSSR count). The molecule has 0 aliphatic carbocycles. The summed E-state index contributed by atoms with van der Waals surface area (Å²) in [6.07, 6.45) is 22.1. The van der Waals surface area contributed by atoms with Crippen LogP contribution in [0.25, 0.3) is 0 Å². The minimum atomic E-state index is -0.755. The Bertz CT molecular complexity index is 1460. The lowest BCUT2D eigenvalue weighted by Gasteiger charge is -2.36. The fraction of sp³-hybridized carbons (Fsp3) is 0.705. The first kappa shape index (κ1) is 65.4. The first-order chi connectivity index (χ1) is 36.9. The third-order valence-corrected chi connectivity index (χ3v) is 12.3. The Labute approximate surface area is 448 Å². The Kier molecular flexibility index (Phi) is 45.0. The van der Waals surface area contributed by atoms with Gasteiger partial charge in [0.1, 0.15) is 5.60 Å². The Morgan fingerprint density at radius 3 is 0.635 bits per heavy atom. The fourth-order valence-electron chi connectivity index (χ4n) is 8.30. The van der Waals surface area contributed by atoms with Gasteiger partial charge in [-0.1, -0.05) is 194 Å². The highest BCUT2D eigenvalue weighted by Gasteiger charge is 2.37. The Hall–Kier alpha value is -2.86. The average Bonchev–Trinajstić information content (AvgIpc) is 3.44. The van der Waals surface area contributed by atoms with Crippen molar-refractivity contribution in [2.75, 3.05) is 165 Å². The first-order valence-electron chi connectivity index (χ1n) is 28.6. The highest BCUT2D eigenvalue weighted by molar-refractivity contribution is 5.47. The summed E-state index contributed by atoms with van der Waals surface area (Å²) in [4.78, 5) is 0. The van der Waals surface area contributed by atoms with Gasteiger partial charge in [-0.05, 0) is 23.1 Å². The second-order valence-electron chi connectivity index (χ2n) is 18.3. The van der Waals surface area contributed by atoms with E-state index in [1.54, 1.807) is 0 Å². The molecule has 13 nitrogen and oxygen atoms in total. The third-order valence-electron chi connectivity index (χ3n) is 12.3. The lowest BCUT2D eigenvalue weighted by molar-refractivity contribution is -0.0399. The molecule has 0 heterocycles. The smallest absolute Gasteiger partial charge is 0.143 e. The van der Waals surface area contributed by atoms with E-state index in [1.807, 2.05) is 54.6 Å². The summed E-state index contributed by atoms with van der Waals surface area (Å²) >= 11 is 0. The Morgan fingerprint density at radius 2 is 0.405 bits per heavy atom. The molecule has 13 heteroatoms. The van der Waals surface area contributed by atoms with Crippen LogP contribution in [0.1, 0.15) is 126 Å². The van der Waals surface area contributed by atoms with Gasteiger partial charge in [-0.2, -0.15) is 0 Å². The van der Waals surface area contributed by atoms with Crippen LogP contribution in [0, 0.1) is 0 Å². The van der Waals surface area contributed by atoms with Crippen molar-refractivity contribution in [2.24, 2.45) is 0 Å². The number of unbranched alkanes of at least 4 members (excludes halogenated alkanes) is 15. The third kappa shape index (κ3) is 35.5. The van der Waals surface area contributed by atoms with Gasteiger partial charge < -0.3 is 61.6 Å².